The molecule has 0 fully saturated rings. The SMILES string of the molecule is CCc1ccccc1OCC(=O)c1ccc2c(c1)N(CC(=O)NCCN(CC)CC)C(=O)CO2. The molecular weight excluding hydrogens is 434 g/mol. The molecule has 8 heteroatoms. The summed E-state index contributed by atoms with van der Waals surface area (Å²) in [5.41, 5.74) is 1.82. The van der Waals surface area contributed by atoms with Gasteiger partial charge < -0.3 is 19.7 Å². The number of hydrogen-bond acceptors (Lipinski definition) is 6. The second-order valence-electron chi connectivity index (χ2n) is 8.00. The molecule has 2 amide bonds. The summed E-state index contributed by atoms with van der Waals surface area (Å²) < 4.78 is 11.3. The van der Waals surface area contributed by atoms with Crippen LogP contribution in [0, 0.1) is 0 Å². The number of rotatable bonds is 12. The predicted octanol–water partition coefficient (Wildman–Crippen LogP) is 2.69. The van der Waals surface area contributed by atoms with Gasteiger partial charge in [0.15, 0.2) is 19.0 Å². The van der Waals surface area contributed by atoms with Crippen LogP contribution in [0.15, 0.2) is 42.5 Å². The maximum Gasteiger partial charge on any atom is 0.265 e. The predicted molar refractivity (Wildman–Crippen MR) is 131 cm³/mol. The standard InChI is InChI=1S/C26H33N3O5/c1-4-19-9-7-8-10-23(19)33-17-22(30)20-11-12-24-21(15-20)29(26(32)18-34-24)16-25(31)27-13-14-28(5-2)6-3/h7-12,15H,4-6,13-14,16-18H2,1-3H3,(H,27,31). The first-order valence-corrected chi connectivity index (χ1v) is 11.8. The van der Waals surface area contributed by atoms with E-state index >= 15 is 0 Å². The Hall–Kier alpha value is -3.39. The zero-order valence-corrected chi connectivity index (χ0v) is 20.1. The number of fused-ring (bicyclic) bond motifs is 1. The van der Waals surface area contributed by atoms with Gasteiger partial charge >= 0.3 is 0 Å². The van der Waals surface area contributed by atoms with Gasteiger partial charge in [-0.3, -0.25) is 19.3 Å². The fourth-order valence-electron chi connectivity index (χ4n) is 3.81. The van der Waals surface area contributed by atoms with E-state index < -0.39 is 0 Å². The van der Waals surface area contributed by atoms with E-state index in [2.05, 4.69) is 24.1 Å². The fourth-order valence-corrected chi connectivity index (χ4v) is 3.81. The Balaban J connectivity index is 1.67. The molecule has 0 spiro atoms. The first-order chi connectivity index (χ1) is 16.5. The molecule has 0 aromatic heterocycles. The van der Waals surface area contributed by atoms with Crippen molar-refractivity contribution >= 4 is 23.3 Å². The number of carbonyl (C=O) groups excluding carboxylic acids is 3. The van der Waals surface area contributed by atoms with Gasteiger partial charge in [0, 0.05) is 18.7 Å². The number of amides is 2. The van der Waals surface area contributed by atoms with Crippen molar-refractivity contribution in [2.75, 3.05) is 50.8 Å². The second-order valence-corrected chi connectivity index (χ2v) is 8.00. The van der Waals surface area contributed by atoms with Gasteiger partial charge in [-0.25, -0.2) is 0 Å². The summed E-state index contributed by atoms with van der Waals surface area (Å²) in [6.45, 7) is 8.82. The van der Waals surface area contributed by atoms with Crippen LogP contribution in [0.2, 0.25) is 0 Å². The number of ether oxygens (including phenoxy) is 2. The molecule has 182 valence electrons. The molecule has 0 radical (unpaired) electrons. The van der Waals surface area contributed by atoms with Gasteiger partial charge in [-0.2, -0.15) is 0 Å². The number of anilines is 1. The number of hydrogen-bond donors (Lipinski definition) is 1. The highest BCUT2D eigenvalue weighted by atomic mass is 16.5. The lowest BCUT2D eigenvalue weighted by atomic mass is 10.1. The Morgan fingerprint density at radius 1 is 1.12 bits per heavy atom. The van der Waals surface area contributed by atoms with Crippen LogP contribution in [-0.2, 0) is 16.0 Å². The molecule has 8 nitrogen and oxygen atoms in total. The Morgan fingerprint density at radius 2 is 1.88 bits per heavy atom. The molecule has 0 bridgehead atoms. The van der Waals surface area contributed by atoms with Crippen LogP contribution in [0.4, 0.5) is 5.69 Å². The van der Waals surface area contributed by atoms with Gasteiger partial charge in [-0.05, 0) is 49.3 Å². The molecule has 1 heterocycles. The number of likely N-dealkylation sites (N-methyl/N-ethyl adjacent to an activating group) is 1. The molecular formula is C26H33N3O5. The maximum absolute atomic E-state index is 12.8. The Kier molecular flexibility index (Phi) is 9.04. The average Bonchev–Trinajstić information content (AvgIpc) is 2.86. The summed E-state index contributed by atoms with van der Waals surface area (Å²) in [7, 11) is 0. The van der Waals surface area contributed by atoms with Crippen molar-refractivity contribution in [2.45, 2.75) is 27.2 Å². The lowest BCUT2D eigenvalue weighted by molar-refractivity contribution is -0.125. The minimum absolute atomic E-state index is 0.129. The van der Waals surface area contributed by atoms with Crippen LogP contribution in [0.25, 0.3) is 0 Å². The lowest BCUT2D eigenvalue weighted by Gasteiger charge is -2.29. The first-order valence-electron chi connectivity index (χ1n) is 11.8. The molecule has 0 aliphatic carbocycles. The number of aryl methyl sites for hydroxylation is 1. The van der Waals surface area contributed by atoms with Crippen LogP contribution >= 0.6 is 0 Å². The zero-order chi connectivity index (χ0) is 24.5. The van der Waals surface area contributed by atoms with Crippen LogP contribution in [0.1, 0.15) is 36.7 Å². The van der Waals surface area contributed by atoms with Gasteiger partial charge in [-0.15, -0.1) is 0 Å². The summed E-state index contributed by atoms with van der Waals surface area (Å²) in [5.74, 6) is 0.325. The summed E-state index contributed by atoms with van der Waals surface area (Å²) >= 11 is 0. The van der Waals surface area contributed by atoms with E-state index in [1.807, 2.05) is 31.2 Å². The van der Waals surface area contributed by atoms with E-state index in [9.17, 15) is 14.4 Å². The number of benzene rings is 2. The normalized spacial score (nSPS) is 12.8. The third kappa shape index (κ3) is 6.35. The highest BCUT2D eigenvalue weighted by molar-refractivity contribution is 6.04. The Bertz CT molecular complexity index is 1020. The highest BCUT2D eigenvalue weighted by Crippen LogP contribution is 2.33. The molecule has 0 saturated heterocycles. The quantitative estimate of drug-likeness (QED) is 0.483. The van der Waals surface area contributed by atoms with Crippen molar-refractivity contribution in [3.8, 4) is 11.5 Å². The van der Waals surface area contributed by atoms with Gasteiger partial charge in [0.2, 0.25) is 5.91 Å². The molecule has 1 N–H and O–H groups in total. The average molecular weight is 468 g/mol. The Morgan fingerprint density at radius 3 is 2.62 bits per heavy atom. The summed E-state index contributed by atoms with van der Waals surface area (Å²) in [6, 6.07) is 12.5. The number of carbonyl (C=O) groups is 3. The molecule has 3 rings (SSSR count). The van der Waals surface area contributed by atoms with Gasteiger partial charge in [-0.1, -0.05) is 39.0 Å². The monoisotopic (exact) mass is 467 g/mol. The number of nitrogens with one attached hydrogen (secondary N) is 1. The topological polar surface area (TPSA) is 88.2 Å². The van der Waals surface area contributed by atoms with Crippen LogP contribution in [-0.4, -0.2) is 68.4 Å². The van der Waals surface area contributed by atoms with Crippen molar-refractivity contribution in [3.63, 3.8) is 0 Å². The van der Waals surface area contributed by atoms with E-state index in [4.69, 9.17) is 9.47 Å². The molecule has 2 aromatic carbocycles. The van der Waals surface area contributed by atoms with Crippen LogP contribution in [0.5, 0.6) is 11.5 Å². The van der Waals surface area contributed by atoms with E-state index in [0.717, 1.165) is 31.6 Å². The second kappa shape index (κ2) is 12.2. The summed E-state index contributed by atoms with van der Waals surface area (Å²) in [5, 5.41) is 2.86. The van der Waals surface area contributed by atoms with Crippen LogP contribution < -0.4 is 19.7 Å². The van der Waals surface area contributed by atoms with E-state index in [-0.39, 0.29) is 37.4 Å². The van der Waals surface area contributed by atoms with Crippen LogP contribution in [0.3, 0.4) is 0 Å². The Labute approximate surface area is 200 Å². The van der Waals surface area contributed by atoms with Crippen molar-refractivity contribution in [2.24, 2.45) is 0 Å². The molecule has 0 atom stereocenters. The smallest absolute Gasteiger partial charge is 0.265 e. The third-order valence-corrected chi connectivity index (χ3v) is 5.88. The molecule has 1 aliphatic rings. The summed E-state index contributed by atoms with van der Waals surface area (Å²) in [4.78, 5) is 41.4. The number of Topliss-reactive ketones (excluding diaryl/α,β-unsaturated/α-hetero) is 1. The van der Waals surface area contributed by atoms with Gasteiger partial charge in [0.05, 0.1) is 5.69 Å². The molecule has 1 aliphatic heterocycles. The van der Waals surface area contributed by atoms with Crippen molar-refractivity contribution in [3.05, 3.63) is 53.6 Å². The van der Waals surface area contributed by atoms with E-state index in [1.165, 1.54) is 4.90 Å². The fraction of sp³-hybridized carbons (Fsp3) is 0.423. The van der Waals surface area contributed by atoms with Crippen molar-refractivity contribution in [1.29, 1.82) is 0 Å². The van der Waals surface area contributed by atoms with Gasteiger partial charge in [0.25, 0.3) is 5.91 Å². The minimum Gasteiger partial charge on any atom is -0.485 e. The highest BCUT2D eigenvalue weighted by Gasteiger charge is 2.28. The third-order valence-electron chi connectivity index (χ3n) is 5.88. The van der Waals surface area contributed by atoms with Crippen molar-refractivity contribution < 1.29 is 23.9 Å². The zero-order valence-electron chi connectivity index (χ0n) is 20.1. The maximum atomic E-state index is 12.8. The summed E-state index contributed by atoms with van der Waals surface area (Å²) in [6.07, 6.45) is 0.800. The van der Waals surface area contributed by atoms with E-state index in [1.54, 1.807) is 18.2 Å². The first kappa shape index (κ1) is 25.2. The number of para-hydroxylation sites is 1. The largest absolute Gasteiger partial charge is 0.485 e. The minimum atomic E-state index is -0.330. The number of nitrogens with zero attached hydrogens (tertiary/aromatic N) is 2. The lowest BCUT2D eigenvalue weighted by Crippen LogP contribution is -2.46. The molecule has 2 aromatic rings. The number of ketones is 1. The molecule has 0 unspecified atom stereocenters. The van der Waals surface area contributed by atoms with Gasteiger partial charge in [0.1, 0.15) is 18.0 Å². The van der Waals surface area contributed by atoms with Crippen molar-refractivity contribution in [1.82, 2.24) is 10.2 Å². The molecule has 34 heavy (non-hydrogen) atoms. The molecule has 0 saturated carbocycles. The van der Waals surface area contributed by atoms with E-state index in [0.29, 0.717) is 29.3 Å².